The molecule has 0 unspecified atom stereocenters. The molecule has 0 saturated carbocycles. The Morgan fingerprint density at radius 3 is 0.406 bits per heavy atom. The molecule has 0 atom stereocenters. The first-order valence-electron chi connectivity index (χ1n) is 21.1. The van der Waals surface area contributed by atoms with Gasteiger partial charge in [0, 0.05) is 41.5 Å². The lowest BCUT2D eigenvalue weighted by molar-refractivity contribution is -0.141. The largest absolute Gasteiger partial charge is 0.466 e. The zero-order chi connectivity index (χ0) is 50.4. The van der Waals surface area contributed by atoms with E-state index in [0.717, 1.165) is 0 Å². The number of esters is 6. The van der Waals surface area contributed by atoms with Gasteiger partial charge in [-0.15, -0.1) is 0 Å². The number of hydrogen-bond donors (Lipinski definition) is 0. The zero-order valence-electron chi connectivity index (χ0n) is 41.7. The predicted octanol–water partition coefficient (Wildman–Crippen LogP) is 11.4. The first kappa shape index (κ1) is 69.4. The van der Waals surface area contributed by atoms with Crippen molar-refractivity contribution < 1.29 is 57.2 Å². The van der Waals surface area contributed by atoms with Crippen LogP contribution in [0.2, 0.25) is 0 Å². The van der Waals surface area contributed by atoms with Crippen LogP contribution in [0, 0.1) is 27.7 Å². The highest BCUT2D eigenvalue weighted by molar-refractivity contribution is 5.67. The number of carbonyl (C=O) groups excluding carboxylic acids is 6. The minimum Gasteiger partial charge on any atom is -0.466 e. The second-order valence-electron chi connectivity index (χ2n) is 12.2. The van der Waals surface area contributed by atoms with E-state index in [4.69, 9.17) is 0 Å². The molecular weight excluding hydrogens is 817 g/mol. The highest BCUT2D eigenvalue weighted by atomic mass is 16.5. The van der Waals surface area contributed by atoms with Crippen LogP contribution in [0.3, 0.4) is 0 Å². The van der Waals surface area contributed by atoms with Gasteiger partial charge in [-0.1, -0.05) is 144 Å². The van der Waals surface area contributed by atoms with Crippen LogP contribution in [0.5, 0.6) is 0 Å². The molecule has 4 rings (SSSR count). The van der Waals surface area contributed by atoms with Crippen molar-refractivity contribution in [2.24, 2.45) is 0 Å². The van der Waals surface area contributed by atoms with E-state index in [1.165, 1.54) is 63.8 Å². The highest BCUT2D eigenvalue weighted by Gasteiger charge is 1.85. The summed E-state index contributed by atoms with van der Waals surface area (Å²) in [5.41, 5.74) is 5.29. The minimum atomic E-state index is -0.211. The summed E-state index contributed by atoms with van der Waals surface area (Å²) >= 11 is 0. The van der Waals surface area contributed by atoms with Crippen LogP contribution >= 0.6 is 0 Å². The summed E-state index contributed by atoms with van der Waals surface area (Å²) < 4.78 is 26.4. The quantitative estimate of drug-likeness (QED) is 0.133. The zero-order valence-corrected chi connectivity index (χ0v) is 41.7. The van der Waals surface area contributed by atoms with E-state index in [0.29, 0.717) is 39.6 Å². The van der Waals surface area contributed by atoms with E-state index in [9.17, 15) is 28.8 Å². The van der Waals surface area contributed by atoms with Crippen LogP contribution in [0.4, 0.5) is 0 Å². The molecule has 0 saturated heterocycles. The van der Waals surface area contributed by atoms with E-state index >= 15 is 0 Å². The number of aryl methyl sites for hydroxylation is 4. The normalized spacial score (nSPS) is 8.12. The van der Waals surface area contributed by atoms with E-state index < -0.39 is 0 Å². The number of carbonyl (C=O) groups is 6. The molecule has 4 aromatic carbocycles. The van der Waals surface area contributed by atoms with Gasteiger partial charge in [0.2, 0.25) is 0 Å². The second kappa shape index (κ2) is 56.7. The average molecular weight is 897 g/mol. The van der Waals surface area contributed by atoms with Gasteiger partial charge in [0.05, 0.1) is 39.6 Å². The average Bonchev–Trinajstić information content (AvgIpc) is 3.21. The molecule has 64 heavy (non-hydrogen) atoms. The van der Waals surface area contributed by atoms with Crippen molar-refractivity contribution in [1.82, 2.24) is 0 Å². The van der Waals surface area contributed by atoms with Gasteiger partial charge in [0.25, 0.3) is 0 Å². The van der Waals surface area contributed by atoms with Gasteiger partial charge in [-0.25, -0.2) is 0 Å². The molecule has 4 aromatic rings. The summed E-state index contributed by atoms with van der Waals surface area (Å²) in [5.74, 6) is -1.26. The van der Waals surface area contributed by atoms with Crippen LogP contribution in [0.25, 0.3) is 0 Å². The van der Waals surface area contributed by atoms with E-state index in [1.807, 2.05) is 72.8 Å². The van der Waals surface area contributed by atoms with Gasteiger partial charge < -0.3 is 28.4 Å². The maximum atomic E-state index is 9.82. The molecule has 0 spiro atoms. The number of hydrogen-bond acceptors (Lipinski definition) is 12. The maximum Gasteiger partial charge on any atom is 0.302 e. The summed E-state index contributed by atoms with van der Waals surface area (Å²) in [6.07, 6.45) is 0. The van der Waals surface area contributed by atoms with Crippen LogP contribution in [-0.2, 0) is 57.2 Å². The first-order chi connectivity index (χ1) is 30.2. The standard InChI is InChI=1S/4C7H8.6C4H8O2/c4*1-7-5-3-2-4-6-7;6*1-3-6-4(2)5/h4*2-6H,1H3;6*3H2,1-2H3. The van der Waals surface area contributed by atoms with Crippen molar-refractivity contribution in [2.75, 3.05) is 39.6 Å². The Hall–Kier alpha value is -6.30. The molecule has 0 amide bonds. The lowest BCUT2D eigenvalue weighted by Gasteiger charge is -1.89. The minimum absolute atomic E-state index is 0.211. The lowest BCUT2D eigenvalue weighted by atomic mass is 10.2. The molecule has 0 aliphatic rings. The Kier molecular flexibility index (Phi) is 61.5. The molecular formula is C52H80O12. The maximum absolute atomic E-state index is 9.82. The SMILES string of the molecule is CCOC(C)=O.CCOC(C)=O.CCOC(C)=O.CCOC(C)=O.CCOC(C)=O.CCOC(C)=O.Cc1ccccc1.Cc1ccccc1.Cc1ccccc1.Cc1ccccc1. The van der Waals surface area contributed by atoms with Crippen molar-refractivity contribution in [3.63, 3.8) is 0 Å². The summed E-state index contributed by atoms with van der Waals surface area (Å²) in [6, 6.07) is 41.0. The molecule has 0 aliphatic carbocycles. The molecule has 0 fully saturated rings. The van der Waals surface area contributed by atoms with Crippen molar-refractivity contribution in [3.05, 3.63) is 144 Å². The summed E-state index contributed by atoms with van der Waals surface area (Å²) in [4.78, 5) is 58.9. The third-order valence-electron chi connectivity index (χ3n) is 5.85. The third-order valence-corrected chi connectivity index (χ3v) is 5.85. The van der Waals surface area contributed by atoms with Crippen molar-refractivity contribution in [2.45, 2.75) is 111 Å². The lowest BCUT2D eigenvalue weighted by Crippen LogP contribution is -1.95. The molecule has 0 N–H and O–H groups in total. The molecule has 0 aliphatic heterocycles. The Bertz CT molecular complexity index is 1340. The monoisotopic (exact) mass is 897 g/mol. The predicted molar refractivity (Wildman–Crippen MR) is 259 cm³/mol. The molecule has 12 nitrogen and oxygen atoms in total. The second-order valence-corrected chi connectivity index (χ2v) is 12.2. The number of benzene rings is 4. The van der Waals surface area contributed by atoms with E-state index in [-0.39, 0.29) is 35.8 Å². The third kappa shape index (κ3) is 87.3. The van der Waals surface area contributed by atoms with Crippen molar-refractivity contribution >= 4 is 35.8 Å². The first-order valence-corrected chi connectivity index (χ1v) is 21.1. The van der Waals surface area contributed by atoms with Crippen molar-refractivity contribution in [3.8, 4) is 0 Å². The van der Waals surface area contributed by atoms with Gasteiger partial charge in [-0.2, -0.15) is 0 Å². The van der Waals surface area contributed by atoms with Gasteiger partial charge in [0.1, 0.15) is 0 Å². The van der Waals surface area contributed by atoms with E-state index in [1.54, 1.807) is 41.5 Å². The summed E-state index contributed by atoms with van der Waals surface area (Å²) in [7, 11) is 0. The van der Waals surface area contributed by atoms with Crippen LogP contribution in [0.1, 0.15) is 105 Å². The molecule has 12 heteroatoms. The van der Waals surface area contributed by atoms with Crippen LogP contribution in [0.15, 0.2) is 121 Å². The molecule has 0 heterocycles. The Balaban J connectivity index is -0.000000146. The van der Waals surface area contributed by atoms with E-state index in [2.05, 4.69) is 105 Å². The number of rotatable bonds is 6. The molecule has 0 bridgehead atoms. The Morgan fingerprint density at radius 1 is 0.266 bits per heavy atom. The Morgan fingerprint density at radius 2 is 0.375 bits per heavy atom. The molecule has 0 aromatic heterocycles. The van der Waals surface area contributed by atoms with Gasteiger partial charge in [-0.3, -0.25) is 28.8 Å². The fourth-order valence-corrected chi connectivity index (χ4v) is 3.36. The van der Waals surface area contributed by atoms with Gasteiger partial charge in [-0.05, 0) is 69.2 Å². The topological polar surface area (TPSA) is 158 Å². The van der Waals surface area contributed by atoms with Gasteiger partial charge >= 0.3 is 35.8 Å². The smallest absolute Gasteiger partial charge is 0.302 e. The van der Waals surface area contributed by atoms with Gasteiger partial charge in [0.15, 0.2) is 0 Å². The fourth-order valence-electron chi connectivity index (χ4n) is 3.36. The fraction of sp³-hybridized carbons (Fsp3) is 0.423. The summed E-state index contributed by atoms with van der Waals surface area (Å²) in [6.45, 7) is 30.3. The molecule has 0 radical (unpaired) electrons. The van der Waals surface area contributed by atoms with Crippen molar-refractivity contribution in [1.29, 1.82) is 0 Å². The van der Waals surface area contributed by atoms with Crippen LogP contribution < -0.4 is 0 Å². The highest BCUT2D eigenvalue weighted by Crippen LogP contribution is 1.94. The number of ether oxygens (including phenoxy) is 6. The Labute approximate surface area is 386 Å². The molecule has 360 valence electrons. The van der Waals surface area contributed by atoms with Crippen LogP contribution in [-0.4, -0.2) is 75.5 Å². The summed E-state index contributed by atoms with van der Waals surface area (Å²) in [5, 5.41) is 0.